The summed E-state index contributed by atoms with van der Waals surface area (Å²) in [7, 11) is 0. The van der Waals surface area contributed by atoms with Gasteiger partial charge in [0.1, 0.15) is 17.5 Å². The maximum Gasteiger partial charge on any atom is 0.354 e. The van der Waals surface area contributed by atoms with Crippen molar-refractivity contribution in [3.63, 3.8) is 0 Å². The summed E-state index contributed by atoms with van der Waals surface area (Å²) in [6.07, 6.45) is 1.17. The maximum atomic E-state index is 12.4. The molecule has 10 nitrogen and oxygen atoms in total. The number of benzene rings is 1. The quantitative estimate of drug-likeness (QED) is 0.559. The SMILES string of the molecule is Cc1nc2cc(CNC(=O)c3cc(C(=O)O)n4ncnc4n3)ccc2o1. The Balaban J connectivity index is 1.57. The lowest BCUT2D eigenvalue weighted by Gasteiger charge is -2.06. The van der Waals surface area contributed by atoms with Gasteiger partial charge >= 0.3 is 5.97 Å². The maximum absolute atomic E-state index is 12.4. The van der Waals surface area contributed by atoms with Crippen molar-refractivity contribution in [3.8, 4) is 0 Å². The summed E-state index contributed by atoms with van der Waals surface area (Å²) >= 11 is 0. The molecule has 0 aliphatic heterocycles. The molecule has 4 rings (SSSR count). The van der Waals surface area contributed by atoms with Crippen LogP contribution in [0.5, 0.6) is 0 Å². The van der Waals surface area contributed by atoms with Crippen LogP contribution in [0.1, 0.15) is 32.4 Å². The van der Waals surface area contributed by atoms with Crippen molar-refractivity contribution >= 4 is 28.8 Å². The minimum absolute atomic E-state index is 0.0366. The van der Waals surface area contributed by atoms with Crippen molar-refractivity contribution in [2.75, 3.05) is 0 Å². The molecule has 0 saturated heterocycles. The van der Waals surface area contributed by atoms with Crippen molar-refractivity contribution in [3.05, 3.63) is 53.4 Å². The molecule has 1 aromatic carbocycles. The van der Waals surface area contributed by atoms with Gasteiger partial charge in [0.2, 0.25) is 0 Å². The first-order chi connectivity index (χ1) is 12.5. The third-order valence-electron chi connectivity index (χ3n) is 3.72. The number of carbonyl (C=O) groups is 2. The largest absolute Gasteiger partial charge is 0.477 e. The van der Waals surface area contributed by atoms with Gasteiger partial charge in [-0.15, -0.1) is 0 Å². The number of carbonyl (C=O) groups excluding carboxylic acids is 1. The van der Waals surface area contributed by atoms with E-state index in [-0.39, 0.29) is 23.7 Å². The van der Waals surface area contributed by atoms with Crippen molar-refractivity contribution in [2.24, 2.45) is 0 Å². The van der Waals surface area contributed by atoms with Gasteiger partial charge in [0, 0.05) is 19.5 Å². The van der Waals surface area contributed by atoms with Crippen molar-refractivity contribution < 1.29 is 19.1 Å². The summed E-state index contributed by atoms with van der Waals surface area (Å²) in [5, 5.41) is 15.7. The number of hydrogen-bond acceptors (Lipinski definition) is 7. The first-order valence-electron chi connectivity index (χ1n) is 7.59. The van der Waals surface area contributed by atoms with Gasteiger partial charge in [-0.2, -0.15) is 14.6 Å². The molecule has 3 heterocycles. The van der Waals surface area contributed by atoms with Crippen LogP contribution in [0, 0.1) is 6.92 Å². The number of aromatic carboxylic acids is 1. The molecule has 3 aromatic heterocycles. The molecule has 0 fully saturated rings. The fourth-order valence-corrected chi connectivity index (χ4v) is 2.55. The van der Waals surface area contributed by atoms with Gasteiger partial charge < -0.3 is 14.8 Å². The Morgan fingerprint density at radius 3 is 2.92 bits per heavy atom. The standard InChI is InChI=1S/C16H12N6O4/c1-8-20-10-4-9(2-3-13(10)26-8)6-17-14(23)11-5-12(15(24)25)22-16(21-11)18-7-19-22/h2-5,7H,6H2,1H3,(H,17,23)(H,24,25). The number of fused-ring (bicyclic) bond motifs is 2. The van der Waals surface area contributed by atoms with Crippen molar-refractivity contribution in [1.82, 2.24) is 29.9 Å². The normalized spacial score (nSPS) is 11.1. The fraction of sp³-hybridized carbons (Fsp3) is 0.125. The van der Waals surface area contributed by atoms with Crippen LogP contribution in [0.25, 0.3) is 16.9 Å². The lowest BCUT2D eigenvalue weighted by atomic mass is 10.2. The lowest BCUT2D eigenvalue weighted by molar-refractivity contribution is 0.0687. The Morgan fingerprint density at radius 1 is 1.27 bits per heavy atom. The van der Waals surface area contributed by atoms with E-state index in [0.717, 1.165) is 16.1 Å². The molecule has 0 atom stereocenters. The second kappa shape index (κ2) is 5.92. The number of rotatable bonds is 4. The second-order valence-electron chi connectivity index (χ2n) is 5.52. The number of aromatic nitrogens is 5. The highest BCUT2D eigenvalue weighted by Crippen LogP contribution is 2.16. The van der Waals surface area contributed by atoms with Crippen LogP contribution in [0.15, 0.2) is 35.0 Å². The van der Waals surface area contributed by atoms with Gasteiger partial charge in [-0.3, -0.25) is 4.79 Å². The molecule has 0 unspecified atom stereocenters. The van der Waals surface area contributed by atoms with Crippen LogP contribution >= 0.6 is 0 Å². The molecule has 10 heteroatoms. The number of aryl methyl sites for hydroxylation is 1. The van der Waals surface area contributed by atoms with Crippen LogP contribution in [0.4, 0.5) is 0 Å². The van der Waals surface area contributed by atoms with Gasteiger partial charge in [0.25, 0.3) is 11.7 Å². The van der Waals surface area contributed by atoms with Gasteiger partial charge in [-0.05, 0) is 17.7 Å². The molecule has 1 amide bonds. The van der Waals surface area contributed by atoms with E-state index < -0.39 is 11.9 Å². The first kappa shape index (κ1) is 15.7. The molecule has 0 spiro atoms. The number of carboxylic acid groups (broad SMARTS) is 1. The van der Waals surface area contributed by atoms with Gasteiger partial charge in [0.05, 0.1) is 0 Å². The van der Waals surface area contributed by atoms with Crippen LogP contribution in [0.3, 0.4) is 0 Å². The third kappa shape index (κ3) is 2.73. The van der Waals surface area contributed by atoms with E-state index in [1.807, 2.05) is 12.1 Å². The van der Waals surface area contributed by atoms with Gasteiger partial charge in [0.15, 0.2) is 17.2 Å². The molecule has 2 N–H and O–H groups in total. The predicted molar refractivity (Wildman–Crippen MR) is 87.7 cm³/mol. The monoisotopic (exact) mass is 352 g/mol. The Kier molecular flexibility index (Phi) is 3.57. The summed E-state index contributed by atoms with van der Waals surface area (Å²) in [6, 6.07) is 6.55. The summed E-state index contributed by atoms with van der Waals surface area (Å²) in [4.78, 5) is 35.8. The first-order valence-corrected chi connectivity index (χ1v) is 7.59. The number of hydrogen-bond donors (Lipinski definition) is 2. The highest BCUT2D eigenvalue weighted by atomic mass is 16.4. The highest BCUT2D eigenvalue weighted by Gasteiger charge is 2.17. The number of oxazole rings is 1. The highest BCUT2D eigenvalue weighted by molar-refractivity contribution is 5.95. The Labute approximate surface area is 145 Å². The Bertz CT molecular complexity index is 1160. The molecule has 26 heavy (non-hydrogen) atoms. The molecule has 4 aromatic rings. The summed E-state index contributed by atoms with van der Waals surface area (Å²) < 4.78 is 6.46. The van der Waals surface area contributed by atoms with E-state index in [1.54, 1.807) is 13.0 Å². The number of nitrogens with one attached hydrogen (secondary N) is 1. The van der Waals surface area contributed by atoms with E-state index in [2.05, 4.69) is 25.4 Å². The molecule has 0 aliphatic rings. The van der Waals surface area contributed by atoms with Gasteiger partial charge in [-0.25, -0.2) is 14.8 Å². The molecular weight excluding hydrogens is 340 g/mol. The van der Waals surface area contributed by atoms with E-state index in [4.69, 9.17) is 4.42 Å². The smallest absolute Gasteiger partial charge is 0.354 e. The lowest BCUT2D eigenvalue weighted by Crippen LogP contribution is -2.25. The zero-order valence-corrected chi connectivity index (χ0v) is 13.5. The van der Waals surface area contributed by atoms with Crippen LogP contribution < -0.4 is 5.32 Å². The predicted octanol–water partition coefficient (Wildman–Crippen LogP) is 1.20. The molecule has 0 radical (unpaired) electrons. The van der Waals surface area contributed by atoms with Crippen LogP contribution in [-0.2, 0) is 6.54 Å². The minimum Gasteiger partial charge on any atom is -0.477 e. The van der Waals surface area contributed by atoms with Gasteiger partial charge in [-0.1, -0.05) is 6.07 Å². The van der Waals surface area contributed by atoms with Crippen LogP contribution in [-0.4, -0.2) is 41.5 Å². The Morgan fingerprint density at radius 2 is 2.12 bits per heavy atom. The molecule has 130 valence electrons. The van der Waals surface area contributed by atoms with Crippen molar-refractivity contribution in [1.29, 1.82) is 0 Å². The zero-order chi connectivity index (χ0) is 18.3. The molecule has 0 aliphatic carbocycles. The second-order valence-corrected chi connectivity index (χ2v) is 5.52. The average Bonchev–Trinajstić information content (AvgIpc) is 3.22. The van der Waals surface area contributed by atoms with E-state index >= 15 is 0 Å². The van der Waals surface area contributed by atoms with E-state index in [1.165, 1.54) is 6.33 Å². The van der Waals surface area contributed by atoms with Crippen LogP contribution in [0.2, 0.25) is 0 Å². The van der Waals surface area contributed by atoms with E-state index in [9.17, 15) is 14.7 Å². The third-order valence-corrected chi connectivity index (χ3v) is 3.72. The van der Waals surface area contributed by atoms with Crippen molar-refractivity contribution in [2.45, 2.75) is 13.5 Å². The molecule has 0 saturated carbocycles. The number of amides is 1. The zero-order valence-electron chi connectivity index (χ0n) is 13.5. The topological polar surface area (TPSA) is 136 Å². The summed E-state index contributed by atoms with van der Waals surface area (Å²) in [6.45, 7) is 1.98. The molecular formula is C16H12N6O4. The fourth-order valence-electron chi connectivity index (χ4n) is 2.55. The minimum atomic E-state index is -1.23. The summed E-state index contributed by atoms with van der Waals surface area (Å²) in [5.41, 5.74) is 1.94. The number of carboxylic acids is 1. The average molecular weight is 352 g/mol. The Hall–Kier alpha value is -3.82. The molecule has 0 bridgehead atoms. The van der Waals surface area contributed by atoms with E-state index in [0.29, 0.717) is 17.0 Å². The summed E-state index contributed by atoms with van der Waals surface area (Å²) in [5.74, 6) is -1.15. The number of nitrogens with zero attached hydrogens (tertiary/aromatic N) is 5.